The molecule has 0 aliphatic rings. The quantitative estimate of drug-likeness (QED) is 0.148. The Morgan fingerprint density at radius 2 is 1.60 bits per heavy atom. The van der Waals surface area contributed by atoms with Gasteiger partial charge in [0.2, 0.25) is 0 Å². The zero-order valence-corrected chi connectivity index (χ0v) is 23.6. The normalized spacial score (nSPS) is 10.9. The lowest BCUT2D eigenvalue weighted by molar-refractivity contribution is -0.112. The molecule has 6 nitrogen and oxygen atoms in total. The van der Waals surface area contributed by atoms with Crippen LogP contribution in [0.4, 0.5) is 5.69 Å². The van der Waals surface area contributed by atoms with Gasteiger partial charge < -0.3 is 19.5 Å². The zero-order valence-electron chi connectivity index (χ0n) is 21.3. The Labute approximate surface area is 247 Å². The van der Waals surface area contributed by atoms with Crippen LogP contribution >= 0.6 is 34.8 Å². The largest absolute Gasteiger partial charge is 0.497 e. The van der Waals surface area contributed by atoms with Crippen LogP contribution in [0.15, 0.2) is 90.5 Å². The van der Waals surface area contributed by atoms with E-state index in [1.165, 1.54) is 13.2 Å². The van der Waals surface area contributed by atoms with Gasteiger partial charge in [0.1, 0.15) is 42.1 Å². The Bertz CT molecular complexity index is 1580. The molecule has 0 heterocycles. The number of ether oxygens (including phenoxy) is 3. The van der Waals surface area contributed by atoms with E-state index >= 15 is 0 Å². The van der Waals surface area contributed by atoms with Gasteiger partial charge in [-0.15, -0.1) is 0 Å². The molecule has 0 saturated heterocycles. The molecule has 202 valence electrons. The molecule has 0 radical (unpaired) electrons. The van der Waals surface area contributed by atoms with Crippen LogP contribution in [0.2, 0.25) is 15.1 Å². The minimum atomic E-state index is -0.571. The van der Waals surface area contributed by atoms with E-state index in [0.29, 0.717) is 50.2 Å². The van der Waals surface area contributed by atoms with Crippen molar-refractivity contribution in [2.24, 2.45) is 0 Å². The molecule has 0 atom stereocenters. The predicted molar refractivity (Wildman–Crippen MR) is 158 cm³/mol. The summed E-state index contributed by atoms with van der Waals surface area (Å²) in [5.74, 6) is 1.02. The van der Waals surface area contributed by atoms with Gasteiger partial charge in [-0.1, -0.05) is 59.1 Å². The van der Waals surface area contributed by atoms with Crippen LogP contribution in [-0.4, -0.2) is 13.0 Å². The number of halogens is 3. The molecule has 4 aromatic rings. The molecule has 1 N–H and O–H groups in total. The van der Waals surface area contributed by atoms with Gasteiger partial charge in [-0.25, -0.2) is 0 Å². The number of nitrogens with one attached hydrogen (secondary N) is 1. The van der Waals surface area contributed by atoms with E-state index in [0.717, 1.165) is 11.1 Å². The molecule has 1 amide bonds. The number of carbonyl (C=O) groups excluding carboxylic acids is 1. The maximum atomic E-state index is 12.9. The molecule has 0 fully saturated rings. The lowest BCUT2D eigenvalue weighted by Gasteiger charge is -2.12. The third-order valence-corrected chi connectivity index (χ3v) is 6.84. The Kier molecular flexibility index (Phi) is 9.93. The number of hydrogen-bond donors (Lipinski definition) is 1. The van der Waals surface area contributed by atoms with E-state index in [-0.39, 0.29) is 12.2 Å². The monoisotopic (exact) mass is 592 g/mol. The molecule has 4 rings (SSSR count). The van der Waals surface area contributed by atoms with E-state index in [9.17, 15) is 10.1 Å². The standard InChI is InChI=1S/C31H23Cl3N2O4/c1-38-26-10-7-21(30(16-26)40-18-20-6-13-28(33)29(34)14-20)15-23(17-35)31(37)36-24-8-11-25(12-9-24)39-19-22-4-2-3-5-27(22)32/h2-16H,18-19H2,1H3,(H,36,37)/b23-15+. The highest BCUT2D eigenvalue weighted by atomic mass is 35.5. The minimum Gasteiger partial charge on any atom is -0.497 e. The first-order valence-electron chi connectivity index (χ1n) is 12.0. The summed E-state index contributed by atoms with van der Waals surface area (Å²) < 4.78 is 17.1. The fourth-order valence-electron chi connectivity index (χ4n) is 3.59. The molecule has 9 heteroatoms. The average molecular weight is 594 g/mol. The van der Waals surface area contributed by atoms with Gasteiger partial charge in [0.15, 0.2) is 0 Å². The first-order valence-corrected chi connectivity index (χ1v) is 13.1. The molecular formula is C31H23Cl3N2O4. The number of benzene rings is 4. The molecule has 0 aliphatic heterocycles. The SMILES string of the molecule is COc1ccc(/C=C(\C#N)C(=O)Nc2ccc(OCc3ccccc3Cl)cc2)c(OCc2ccc(Cl)c(Cl)c2)c1. The predicted octanol–water partition coefficient (Wildman–Crippen LogP) is 8.36. The molecular weight excluding hydrogens is 571 g/mol. The summed E-state index contributed by atoms with van der Waals surface area (Å²) in [5, 5.41) is 14.0. The summed E-state index contributed by atoms with van der Waals surface area (Å²) in [6, 6.07) is 26.5. The van der Waals surface area contributed by atoms with Crippen molar-refractivity contribution in [2.45, 2.75) is 13.2 Å². The van der Waals surface area contributed by atoms with Gasteiger partial charge in [-0.2, -0.15) is 5.26 Å². The van der Waals surface area contributed by atoms with Crippen LogP contribution in [0.1, 0.15) is 16.7 Å². The number of anilines is 1. The highest BCUT2D eigenvalue weighted by Crippen LogP contribution is 2.29. The van der Waals surface area contributed by atoms with Gasteiger partial charge in [0.05, 0.1) is 17.2 Å². The third-order valence-electron chi connectivity index (χ3n) is 5.73. The van der Waals surface area contributed by atoms with Crippen LogP contribution in [0, 0.1) is 11.3 Å². The number of hydrogen-bond acceptors (Lipinski definition) is 5. The van der Waals surface area contributed by atoms with E-state index in [1.807, 2.05) is 24.3 Å². The second-order valence-corrected chi connectivity index (χ2v) is 9.69. The lowest BCUT2D eigenvalue weighted by atomic mass is 10.1. The van der Waals surface area contributed by atoms with E-state index < -0.39 is 5.91 Å². The Morgan fingerprint density at radius 1 is 0.850 bits per heavy atom. The van der Waals surface area contributed by atoms with Crippen LogP contribution < -0.4 is 19.5 Å². The number of methoxy groups -OCH3 is 1. The van der Waals surface area contributed by atoms with Crippen molar-refractivity contribution in [2.75, 3.05) is 12.4 Å². The van der Waals surface area contributed by atoms with Crippen molar-refractivity contribution < 1.29 is 19.0 Å². The van der Waals surface area contributed by atoms with Crippen molar-refractivity contribution in [1.29, 1.82) is 5.26 Å². The summed E-state index contributed by atoms with van der Waals surface area (Å²) >= 11 is 18.3. The van der Waals surface area contributed by atoms with Crippen molar-refractivity contribution in [1.82, 2.24) is 0 Å². The van der Waals surface area contributed by atoms with Crippen LogP contribution in [0.3, 0.4) is 0 Å². The first kappa shape index (κ1) is 28.8. The smallest absolute Gasteiger partial charge is 0.266 e. The molecule has 40 heavy (non-hydrogen) atoms. The molecule has 0 spiro atoms. The fraction of sp³-hybridized carbons (Fsp3) is 0.0968. The lowest BCUT2D eigenvalue weighted by Crippen LogP contribution is -2.13. The summed E-state index contributed by atoms with van der Waals surface area (Å²) in [7, 11) is 1.54. The number of rotatable bonds is 10. The maximum Gasteiger partial charge on any atom is 0.266 e. The number of nitriles is 1. The van der Waals surface area contributed by atoms with Crippen LogP contribution in [0.5, 0.6) is 17.2 Å². The van der Waals surface area contributed by atoms with Crippen molar-refractivity contribution in [3.05, 3.63) is 122 Å². The van der Waals surface area contributed by atoms with E-state index in [1.54, 1.807) is 66.7 Å². The zero-order chi connectivity index (χ0) is 28.5. The van der Waals surface area contributed by atoms with Gasteiger partial charge in [0.25, 0.3) is 5.91 Å². The molecule has 0 aromatic heterocycles. The second-order valence-electron chi connectivity index (χ2n) is 8.47. The van der Waals surface area contributed by atoms with Gasteiger partial charge in [-0.3, -0.25) is 4.79 Å². The van der Waals surface area contributed by atoms with E-state index in [4.69, 9.17) is 49.0 Å². The molecule has 0 bridgehead atoms. The fourth-order valence-corrected chi connectivity index (χ4v) is 4.10. The summed E-state index contributed by atoms with van der Waals surface area (Å²) in [5.41, 5.74) is 2.58. The number of carbonyl (C=O) groups is 1. The Hall–Kier alpha value is -4.15. The number of nitrogens with zero attached hydrogens (tertiary/aromatic N) is 1. The van der Waals surface area contributed by atoms with Gasteiger partial charge in [0, 0.05) is 27.9 Å². The average Bonchev–Trinajstić information content (AvgIpc) is 2.97. The van der Waals surface area contributed by atoms with Crippen molar-refractivity contribution in [3.63, 3.8) is 0 Å². The third kappa shape index (κ3) is 7.71. The topological polar surface area (TPSA) is 80.6 Å². The van der Waals surface area contributed by atoms with Crippen molar-refractivity contribution >= 4 is 52.5 Å². The second kappa shape index (κ2) is 13.8. The minimum absolute atomic E-state index is 0.108. The highest BCUT2D eigenvalue weighted by Gasteiger charge is 2.13. The van der Waals surface area contributed by atoms with Gasteiger partial charge in [-0.05, 0) is 66.2 Å². The number of amides is 1. The molecule has 0 saturated carbocycles. The van der Waals surface area contributed by atoms with Crippen LogP contribution in [0.25, 0.3) is 6.08 Å². The van der Waals surface area contributed by atoms with E-state index in [2.05, 4.69) is 5.32 Å². The summed E-state index contributed by atoms with van der Waals surface area (Å²) in [4.78, 5) is 12.9. The Morgan fingerprint density at radius 3 is 2.30 bits per heavy atom. The maximum absolute atomic E-state index is 12.9. The highest BCUT2D eigenvalue weighted by molar-refractivity contribution is 6.42. The van der Waals surface area contributed by atoms with Gasteiger partial charge >= 0.3 is 0 Å². The summed E-state index contributed by atoms with van der Waals surface area (Å²) in [6.07, 6.45) is 1.46. The Balaban J connectivity index is 1.45. The summed E-state index contributed by atoms with van der Waals surface area (Å²) in [6.45, 7) is 0.494. The first-order chi connectivity index (χ1) is 19.4. The van der Waals surface area contributed by atoms with Crippen molar-refractivity contribution in [3.8, 4) is 23.3 Å². The molecule has 0 unspecified atom stereocenters. The molecule has 0 aliphatic carbocycles. The van der Waals surface area contributed by atoms with Crippen LogP contribution in [-0.2, 0) is 18.0 Å². The molecule has 4 aromatic carbocycles.